The van der Waals surface area contributed by atoms with Crippen LogP contribution in [0, 0.1) is 5.92 Å². The molecule has 3 nitrogen and oxygen atoms in total. The van der Waals surface area contributed by atoms with Crippen LogP contribution in [0.2, 0.25) is 0 Å². The van der Waals surface area contributed by atoms with Crippen molar-refractivity contribution in [3.63, 3.8) is 0 Å². The number of hydrogen-bond donors (Lipinski definition) is 1. The van der Waals surface area contributed by atoms with Crippen molar-refractivity contribution >= 4 is 17.7 Å². The highest BCUT2D eigenvalue weighted by atomic mass is 32.2. The average Bonchev–Trinajstić information content (AvgIpc) is 2.49. The van der Waals surface area contributed by atoms with E-state index in [1.807, 2.05) is 19.3 Å². The summed E-state index contributed by atoms with van der Waals surface area (Å²) in [5.74, 6) is 1.54. The van der Waals surface area contributed by atoms with Gasteiger partial charge in [-0.1, -0.05) is 0 Å². The molecule has 4 heteroatoms. The lowest BCUT2D eigenvalue weighted by Gasteiger charge is -2.15. The minimum atomic E-state index is -0.0996. The molecule has 0 radical (unpaired) electrons. The molecule has 0 aromatic carbocycles. The summed E-state index contributed by atoms with van der Waals surface area (Å²) in [6, 6.07) is 0.191. The molecule has 1 N–H and O–H groups in total. The monoisotopic (exact) mass is 201 g/mol. The highest BCUT2D eigenvalue weighted by Crippen LogP contribution is 2.28. The third-order valence-electron chi connectivity index (χ3n) is 1.79. The van der Waals surface area contributed by atoms with Crippen LogP contribution >= 0.6 is 11.8 Å². The number of thioether (sulfide) groups is 1. The van der Waals surface area contributed by atoms with Gasteiger partial charge in [-0.15, -0.1) is 11.8 Å². The fourth-order valence-corrected chi connectivity index (χ4v) is 2.20. The second-order valence-corrected chi connectivity index (χ2v) is 4.18. The molecular weight excluding hydrogens is 186 g/mol. The summed E-state index contributed by atoms with van der Waals surface area (Å²) in [4.78, 5) is 11.6. The largest absolute Gasteiger partial charge is 0.500 e. The Kier molecular flexibility index (Phi) is 3.66. The molecule has 13 heavy (non-hydrogen) atoms. The van der Waals surface area contributed by atoms with Gasteiger partial charge in [0.15, 0.2) is 0 Å². The van der Waals surface area contributed by atoms with Crippen molar-refractivity contribution < 1.29 is 9.53 Å². The van der Waals surface area contributed by atoms with Gasteiger partial charge < -0.3 is 10.1 Å². The zero-order chi connectivity index (χ0) is 9.84. The first-order valence-corrected chi connectivity index (χ1v) is 5.36. The van der Waals surface area contributed by atoms with Crippen molar-refractivity contribution in [3.8, 4) is 0 Å². The number of carbonyl (C=O) groups excluding carboxylic acids is 1. The first kappa shape index (κ1) is 10.4. The highest BCUT2D eigenvalue weighted by Gasteiger charge is 2.28. The molecule has 0 aliphatic carbocycles. The third-order valence-corrected chi connectivity index (χ3v) is 2.71. The molecule has 74 valence electrons. The molecule has 1 heterocycles. The first-order chi connectivity index (χ1) is 6.15. The Labute approximate surface area is 82.9 Å². The number of hydrogen-bond acceptors (Lipinski definition) is 3. The smallest absolute Gasteiger partial charge is 0.231 e. The van der Waals surface area contributed by atoms with Gasteiger partial charge in [0.25, 0.3) is 0 Å². The lowest BCUT2D eigenvalue weighted by molar-refractivity contribution is -0.124. The van der Waals surface area contributed by atoms with Crippen LogP contribution < -0.4 is 5.32 Å². The molecule has 1 amide bonds. The molecule has 1 atom stereocenters. The van der Waals surface area contributed by atoms with Gasteiger partial charge in [-0.05, 0) is 13.8 Å². The average molecular weight is 201 g/mol. The molecule has 1 unspecified atom stereocenters. The van der Waals surface area contributed by atoms with Crippen molar-refractivity contribution in [1.29, 1.82) is 0 Å². The van der Waals surface area contributed by atoms with E-state index < -0.39 is 0 Å². The zero-order valence-corrected chi connectivity index (χ0v) is 8.98. The van der Waals surface area contributed by atoms with Crippen LogP contribution in [0.25, 0.3) is 0 Å². The van der Waals surface area contributed by atoms with Gasteiger partial charge in [-0.25, -0.2) is 0 Å². The molecule has 0 spiro atoms. The van der Waals surface area contributed by atoms with Crippen molar-refractivity contribution in [1.82, 2.24) is 5.32 Å². The van der Waals surface area contributed by atoms with E-state index in [9.17, 15) is 4.79 Å². The van der Waals surface area contributed by atoms with Crippen molar-refractivity contribution in [3.05, 3.63) is 11.2 Å². The summed E-state index contributed by atoms with van der Waals surface area (Å²) in [6.07, 6.45) is 0. The number of ether oxygens (including phenoxy) is 1. The minimum absolute atomic E-state index is 0.0631. The molecule has 0 fully saturated rings. The zero-order valence-electron chi connectivity index (χ0n) is 8.16. The second kappa shape index (κ2) is 4.56. The van der Waals surface area contributed by atoms with Crippen LogP contribution in [-0.2, 0) is 9.53 Å². The van der Waals surface area contributed by atoms with Crippen LogP contribution in [0.3, 0.4) is 0 Å². The van der Waals surface area contributed by atoms with E-state index >= 15 is 0 Å². The van der Waals surface area contributed by atoms with Gasteiger partial charge >= 0.3 is 0 Å². The van der Waals surface area contributed by atoms with Crippen molar-refractivity contribution in [2.75, 3.05) is 12.9 Å². The van der Waals surface area contributed by atoms with E-state index in [2.05, 4.69) is 5.32 Å². The normalized spacial score (nSPS) is 21.5. The Morgan fingerprint density at radius 2 is 2.46 bits per heavy atom. The van der Waals surface area contributed by atoms with Crippen LogP contribution in [0.1, 0.15) is 13.8 Å². The predicted molar refractivity (Wildman–Crippen MR) is 54.3 cm³/mol. The van der Waals surface area contributed by atoms with E-state index in [0.29, 0.717) is 0 Å². The Balaban J connectivity index is 2.52. The molecular formula is C9H15NO2S. The summed E-state index contributed by atoms with van der Waals surface area (Å²) < 4.78 is 5.11. The van der Waals surface area contributed by atoms with Gasteiger partial charge in [0, 0.05) is 17.2 Å². The fraction of sp³-hybridized carbons (Fsp3) is 0.667. The maximum atomic E-state index is 11.6. The van der Waals surface area contributed by atoms with Crippen molar-refractivity contribution in [2.24, 2.45) is 5.92 Å². The van der Waals surface area contributed by atoms with Gasteiger partial charge in [0.1, 0.15) is 11.7 Å². The van der Waals surface area contributed by atoms with Crippen LogP contribution in [0.5, 0.6) is 0 Å². The van der Waals surface area contributed by atoms with Crippen LogP contribution in [-0.4, -0.2) is 24.8 Å². The molecule has 0 aromatic heterocycles. The van der Waals surface area contributed by atoms with E-state index in [1.54, 1.807) is 18.9 Å². The molecule has 1 aliphatic rings. The van der Waals surface area contributed by atoms with Gasteiger partial charge in [-0.2, -0.15) is 0 Å². The summed E-state index contributed by atoms with van der Waals surface area (Å²) in [5.41, 5.74) is 0. The molecule has 0 saturated carbocycles. The SMILES string of the molecule is COC1=CSCC1C(=O)NC(C)C. The maximum Gasteiger partial charge on any atom is 0.231 e. The number of methoxy groups -OCH3 is 1. The molecule has 1 rings (SSSR count). The number of nitrogens with one attached hydrogen (secondary N) is 1. The number of rotatable bonds is 3. The van der Waals surface area contributed by atoms with Crippen LogP contribution in [0.4, 0.5) is 0 Å². The summed E-state index contributed by atoms with van der Waals surface area (Å²) in [6.45, 7) is 3.91. The maximum absolute atomic E-state index is 11.6. The number of carbonyl (C=O) groups is 1. The van der Waals surface area contributed by atoms with Crippen molar-refractivity contribution in [2.45, 2.75) is 19.9 Å². The predicted octanol–water partition coefficient (Wildman–Crippen LogP) is 1.36. The highest BCUT2D eigenvalue weighted by molar-refractivity contribution is 8.02. The number of amides is 1. The standard InChI is InChI=1S/C9H15NO2S/c1-6(2)10-9(11)7-4-13-5-8(7)12-3/h5-7H,4H2,1-3H3,(H,10,11). The van der Waals surface area contributed by atoms with E-state index in [4.69, 9.17) is 4.74 Å². The summed E-state index contributed by atoms with van der Waals surface area (Å²) in [7, 11) is 1.60. The quantitative estimate of drug-likeness (QED) is 0.749. The fourth-order valence-electron chi connectivity index (χ4n) is 1.17. The van der Waals surface area contributed by atoms with E-state index in [0.717, 1.165) is 11.5 Å². The van der Waals surface area contributed by atoms with Gasteiger partial charge in [0.05, 0.1) is 7.11 Å². The Morgan fingerprint density at radius 1 is 1.77 bits per heavy atom. The lowest BCUT2D eigenvalue weighted by Crippen LogP contribution is -2.36. The summed E-state index contributed by atoms with van der Waals surface area (Å²) in [5, 5.41) is 4.78. The minimum Gasteiger partial charge on any atom is -0.500 e. The Morgan fingerprint density at radius 3 is 3.00 bits per heavy atom. The Hall–Kier alpha value is -0.640. The molecule has 0 aromatic rings. The first-order valence-electron chi connectivity index (χ1n) is 4.31. The van der Waals surface area contributed by atoms with E-state index in [-0.39, 0.29) is 17.9 Å². The Bertz CT molecular complexity index is 226. The second-order valence-electron chi connectivity index (χ2n) is 3.27. The van der Waals surface area contributed by atoms with E-state index in [1.165, 1.54) is 0 Å². The van der Waals surface area contributed by atoms with Crippen LogP contribution in [0.15, 0.2) is 11.2 Å². The molecule has 0 saturated heterocycles. The molecule has 0 bridgehead atoms. The van der Waals surface area contributed by atoms with Gasteiger partial charge in [-0.3, -0.25) is 4.79 Å². The van der Waals surface area contributed by atoms with Gasteiger partial charge in [0.2, 0.25) is 5.91 Å². The summed E-state index contributed by atoms with van der Waals surface area (Å²) >= 11 is 1.62. The lowest BCUT2D eigenvalue weighted by atomic mass is 10.1. The topological polar surface area (TPSA) is 38.3 Å². The molecule has 1 aliphatic heterocycles. The third kappa shape index (κ3) is 2.66.